The van der Waals surface area contributed by atoms with Gasteiger partial charge >= 0.3 is 0 Å². The minimum absolute atomic E-state index is 1.09. The Balaban J connectivity index is 0.000000155. The molecule has 2 heteroatoms. The van der Waals surface area contributed by atoms with Crippen LogP contribution in [0.3, 0.4) is 0 Å². The molecule has 1 aromatic heterocycles. The van der Waals surface area contributed by atoms with Crippen molar-refractivity contribution in [3.63, 3.8) is 0 Å². The predicted octanol–water partition coefficient (Wildman–Crippen LogP) is 17.1. The molecule has 9 aromatic rings. The van der Waals surface area contributed by atoms with Crippen molar-refractivity contribution in [3.8, 4) is 0 Å². The maximum absolute atomic E-state index is 3.59. The quantitative estimate of drug-likeness (QED) is 0.189. The molecular weight excluding hydrogens is 749 g/mol. The molecule has 302 valence electrons. The summed E-state index contributed by atoms with van der Waals surface area (Å²) in [6.45, 7) is 8.64. The van der Waals surface area contributed by atoms with Crippen molar-refractivity contribution >= 4 is 82.8 Å². The van der Waals surface area contributed by atoms with E-state index in [1.54, 1.807) is 0 Å². The van der Waals surface area contributed by atoms with Gasteiger partial charge in [0.2, 0.25) is 0 Å². The summed E-state index contributed by atoms with van der Waals surface area (Å²) in [4.78, 5) is 5.98. The van der Waals surface area contributed by atoms with E-state index in [-0.39, 0.29) is 0 Å². The normalized spacial score (nSPS) is 13.6. The van der Waals surface area contributed by atoms with Crippen LogP contribution in [-0.4, -0.2) is 4.98 Å². The number of hydrogen-bond donors (Lipinski definition) is 1. The molecule has 2 nitrogen and oxygen atoms in total. The van der Waals surface area contributed by atoms with Gasteiger partial charge < -0.3 is 9.88 Å². The van der Waals surface area contributed by atoms with Crippen molar-refractivity contribution in [2.45, 2.75) is 53.4 Å². The van der Waals surface area contributed by atoms with Crippen molar-refractivity contribution in [1.82, 2.24) is 4.98 Å². The first-order valence-electron chi connectivity index (χ1n) is 22.1. The second-order valence-electron chi connectivity index (χ2n) is 17.1. The average Bonchev–Trinajstić information content (AvgIpc) is 3.66. The highest BCUT2D eigenvalue weighted by atomic mass is 15.1. The third kappa shape index (κ3) is 7.58. The van der Waals surface area contributed by atoms with Crippen molar-refractivity contribution in [3.05, 3.63) is 221 Å². The van der Waals surface area contributed by atoms with Gasteiger partial charge in [-0.3, -0.25) is 0 Å². The van der Waals surface area contributed by atoms with E-state index < -0.39 is 0 Å². The van der Waals surface area contributed by atoms with Crippen LogP contribution < -0.4 is 4.90 Å². The first kappa shape index (κ1) is 39.0. The lowest BCUT2D eigenvalue weighted by Crippen LogP contribution is -2.10. The van der Waals surface area contributed by atoms with Crippen LogP contribution in [0, 0.1) is 20.8 Å². The number of rotatable bonds is 3. The molecule has 62 heavy (non-hydrogen) atoms. The fourth-order valence-electron chi connectivity index (χ4n) is 9.46. The largest absolute Gasteiger partial charge is 0.355 e. The number of nitrogens with one attached hydrogen (secondary N) is 1. The molecule has 2 bridgehead atoms. The van der Waals surface area contributed by atoms with E-state index in [4.69, 9.17) is 0 Å². The van der Waals surface area contributed by atoms with E-state index >= 15 is 0 Å². The number of hydrogen-bond acceptors (Lipinski definition) is 1. The summed E-state index contributed by atoms with van der Waals surface area (Å²) in [5.74, 6) is 0. The second-order valence-corrected chi connectivity index (χ2v) is 17.1. The number of benzene rings is 7. The first-order valence-corrected chi connectivity index (χ1v) is 22.1. The zero-order chi connectivity index (χ0) is 42.2. The molecule has 0 fully saturated rings. The van der Waals surface area contributed by atoms with Gasteiger partial charge in [-0.2, -0.15) is 0 Å². The molecular formula is C60H52N2. The SMILES string of the molecule is CC1=CCCC=C1.Cc1ccc2c3c4c(ccc13)C=CCC4=CC2.Cc1cccc2ccc3c(N(c4ccccc4)c4ccc5[nH]c6ccc(C)cc6c5c4)ccc(cc1)c3c2. The first-order chi connectivity index (χ1) is 30.4. The Morgan fingerprint density at radius 3 is 2.13 bits per heavy atom. The Kier molecular flexibility index (Phi) is 10.5. The molecule has 0 saturated heterocycles. The van der Waals surface area contributed by atoms with Crippen molar-refractivity contribution in [2.75, 3.05) is 4.90 Å². The number of nitrogens with zero attached hydrogens (tertiary/aromatic N) is 1. The van der Waals surface area contributed by atoms with Crippen LogP contribution in [0.5, 0.6) is 0 Å². The highest BCUT2D eigenvalue weighted by molar-refractivity contribution is 6.12. The number of anilines is 3. The molecule has 3 aliphatic carbocycles. The van der Waals surface area contributed by atoms with E-state index in [2.05, 4.69) is 226 Å². The van der Waals surface area contributed by atoms with Crippen molar-refractivity contribution in [2.24, 2.45) is 0 Å². The zero-order valence-electron chi connectivity index (χ0n) is 36.2. The lowest BCUT2D eigenvalue weighted by atomic mass is 9.81. The van der Waals surface area contributed by atoms with Gasteiger partial charge in [-0.25, -0.2) is 0 Å². The summed E-state index contributed by atoms with van der Waals surface area (Å²) in [7, 11) is 0. The molecule has 0 amide bonds. The van der Waals surface area contributed by atoms with Gasteiger partial charge in [0.1, 0.15) is 0 Å². The minimum Gasteiger partial charge on any atom is -0.355 e. The maximum Gasteiger partial charge on any atom is 0.0540 e. The number of aromatic nitrogens is 1. The number of H-pyrrole nitrogens is 1. The topological polar surface area (TPSA) is 19.0 Å². The summed E-state index contributed by atoms with van der Waals surface area (Å²) in [5.41, 5.74) is 17.0. The van der Waals surface area contributed by atoms with Crippen LogP contribution in [0.1, 0.15) is 59.6 Å². The average molecular weight is 801 g/mol. The summed E-state index contributed by atoms with van der Waals surface area (Å²) in [5, 5.41) is 10.3. The van der Waals surface area contributed by atoms with Crippen LogP contribution in [0.25, 0.3) is 65.8 Å². The Morgan fingerprint density at radius 1 is 0.500 bits per heavy atom. The second kappa shape index (κ2) is 16.7. The molecule has 0 saturated carbocycles. The molecule has 1 N–H and O–H groups in total. The lowest BCUT2D eigenvalue weighted by molar-refractivity contribution is 1.02. The Labute approximate surface area is 365 Å². The predicted molar refractivity (Wildman–Crippen MR) is 270 cm³/mol. The van der Waals surface area contributed by atoms with Gasteiger partial charge in [0.15, 0.2) is 0 Å². The fourth-order valence-corrected chi connectivity index (χ4v) is 9.46. The maximum atomic E-state index is 3.59. The summed E-state index contributed by atoms with van der Waals surface area (Å²) < 4.78 is 0. The fraction of sp³-hybridized carbons (Fsp3) is 0.133. The number of aryl methyl sites for hydroxylation is 3. The van der Waals surface area contributed by atoms with Crippen LogP contribution in [0.15, 0.2) is 188 Å². The van der Waals surface area contributed by atoms with E-state index in [0.717, 1.165) is 29.7 Å². The summed E-state index contributed by atoms with van der Waals surface area (Å²) >= 11 is 0. The van der Waals surface area contributed by atoms with Crippen LogP contribution in [0.2, 0.25) is 0 Å². The molecule has 0 aliphatic heterocycles. The van der Waals surface area contributed by atoms with Crippen molar-refractivity contribution in [1.29, 1.82) is 0 Å². The minimum atomic E-state index is 1.09. The summed E-state index contributed by atoms with van der Waals surface area (Å²) in [6.07, 6.45) is 18.3. The Hall–Kier alpha value is -7.16. The molecule has 0 spiro atoms. The van der Waals surface area contributed by atoms with Crippen LogP contribution in [0.4, 0.5) is 17.1 Å². The Bertz CT molecular complexity index is 3330. The zero-order valence-corrected chi connectivity index (χ0v) is 36.2. The molecule has 8 aromatic carbocycles. The van der Waals surface area contributed by atoms with Gasteiger partial charge in [0, 0.05) is 38.6 Å². The molecule has 0 unspecified atom stereocenters. The van der Waals surface area contributed by atoms with E-state index in [1.807, 2.05) is 0 Å². The standard InChI is InChI=1S/C36H28N2.C17H14.C7H10/c1-24-7-6-8-26-13-17-30-31(22-26)27(14-11-24)15-20-36(30)38(28-9-4-3-5-10-28)29-16-19-35-33(23-29)32-21-25(2)12-18-34(32)37-35;1-11-5-6-14-8-7-12-3-2-4-13-9-10-15(11)17(14)16(12)13;1-7-5-3-2-4-6-7/h3-23,37H,1-2H3;2,4-7,9-10H,3,8H2,1H3;3,5-6H,2,4H2,1H3. The Morgan fingerprint density at radius 2 is 1.31 bits per heavy atom. The molecule has 0 atom stereocenters. The third-order valence-electron chi connectivity index (χ3n) is 12.7. The lowest BCUT2D eigenvalue weighted by Gasteiger charge is -2.27. The molecule has 1 heterocycles. The monoisotopic (exact) mass is 800 g/mol. The van der Waals surface area contributed by atoms with E-state index in [1.165, 1.54) is 112 Å². The van der Waals surface area contributed by atoms with E-state index in [9.17, 15) is 0 Å². The number of aromatic amines is 1. The number of fused-ring (bicyclic) bond motifs is 4. The summed E-state index contributed by atoms with van der Waals surface area (Å²) in [6, 6.07) is 55.3. The van der Waals surface area contributed by atoms with E-state index in [0.29, 0.717) is 0 Å². The third-order valence-corrected chi connectivity index (χ3v) is 12.7. The molecule has 12 rings (SSSR count). The van der Waals surface area contributed by atoms with Crippen LogP contribution >= 0.6 is 0 Å². The van der Waals surface area contributed by atoms with Gasteiger partial charge in [-0.15, -0.1) is 0 Å². The van der Waals surface area contributed by atoms with Gasteiger partial charge in [0.25, 0.3) is 0 Å². The highest BCUT2D eigenvalue weighted by Gasteiger charge is 2.20. The van der Waals surface area contributed by atoms with Gasteiger partial charge in [-0.1, -0.05) is 150 Å². The number of allylic oxidation sites excluding steroid dienone is 7. The van der Waals surface area contributed by atoms with Crippen LogP contribution in [-0.2, 0) is 6.42 Å². The molecule has 3 aliphatic rings. The van der Waals surface area contributed by atoms with Crippen molar-refractivity contribution < 1.29 is 0 Å². The van der Waals surface area contributed by atoms with Gasteiger partial charge in [0.05, 0.1) is 5.69 Å². The molecule has 0 radical (unpaired) electrons. The highest BCUT2D eigenvalue weighted by Crippen LogP contribution is 2.43. The smallest absolute Gasteiger partial charge is 0.0540 e. The number of para-hydroxylation sites is 1. The van der Waals surface area contributed by atoms with Gasteiger partial charge in [-0.05, 0) is 163 Å².